The van der Waals surface area contributed by atoms with Gasteiger partial charge in [-0.1, -0.05) is 0 Å². The van der Waals surface area contributed by atoms with E-state index in [0.717, 1.165) is 31.5 Å². The molecule has 2 atom stereocenters. The first-order chi connectivity index (χ1) is 7.75. The van der Waals surface area contributed by atoms with Gasteiger partial charge in [-0.25, -0.2) is 9.37 Å². The van der Waals surface area contributed by atoms with Crippen molar-refractivity contribution in [2.45, 2.75) is 25.4 Å². The van der Waals surface area contributed by atoms with E-state index >= 15 is 0 Å². The van der Waals surface area contributed by atoms with Gasteiger partial charge in [-0.2, -0.15) is 0 Å². The van der Waals surface area contributed by atoms with Crippen LogP contribution in [0.1, 0.15) is 18.4 Å². The zero-order valence-corrected chi connectivity index (χ0v) is 9.32. The second-order valence-corrected chi connectivity index (χ2v) is 4.42. The van der Waals surface area contributed by atoms with Crippen molar-refractivity contribution in [3.05, 3.63) is 23.9 Å². The van der Waals surface area contributed by atoms with Crippen molar-refractivity contribution in [3.8, 4) is 0 Å². The third kappa shape index (κ3) is 2.92. The zero-order chi connectivity index (χ0) is 11.4. The summed E-state index contributed by atoms with van der Waals surface area (Å²) in [4.78, 5) is 3.90. The molecule has 0 bridgehead atoms. The van der Waals surface area contributed by atoms with Crippen LogP contribution in [0.4, 0.5) is 10.2 Å². The highest BCUT2D eigenvalue weighted by Gasteiger charge is 2.23. The summed E-state index contributed by atoms with van der Waals surface area (Å²) in [7, 11) is 0. The van der Waals surface area contributed by atoms with Crippen LogP contribution in [0, 0.1) is 5.92 Å². The van der Waals surface area contributed by atoms with Gasteiger partial charge in [0.2, 0.25) is 0 Å². The molecule has 1 saturated heterocycles. The Kier molecular flexibility index (Phi) is 3.72. The first-order valence-electron chi connectivity index (χ1n) is 5.81. The number of nitrogen functional groups attached to an aromatic ring is 1. The third-order valence-corrected chi connectivity index (χ3v) is 3.12. The van der Waals surface area contributed by atoms with E-state index in [4.69, 9.17) is 5.73 Å². The Morgan fingerprint density at radius 2 is 2.50 bits per heavy atom. The summed E-state index contributed by atoms with van der Waals surface area (Å²) >= 11 is 0. The lowest BCUT2D eigenvalue weighted by molar-refractivity contribution is 0.191. The molecule has 1 aromatic rings. The van der Waals surface area contributed by atoms with Gasteiger partial charge in [0, 0.05) is 25.1 Å². The summed E-state index contributed by atoms with van der Waals surface area (Å²) in [5.41, 5.74) is 6.50. The second kappa shape index (κ2) is 5.25. The molecule has 2 rings (SSSR count). The second-order valence-electron chi connectivity index (χ2n) is 4.42. The molecule has 88 valence electrons. The van der Waals surface area contributed by atoms with Crippen molar-refractivity contribution in [3.63, 3.8) is 0 Å². The molecule has 1 aliphatic rings. The lowest BCUT2D eigenvalue weighted by Gasteiger charge is -2.25. The molecular weight excluding hydrogens is 205 g/mol. The minimum Gasteiger partial charge on any atom is -0.384 e. The Morgan fingerprint density at radius 3 is 3.19 bits per heavy atom. The summed E-state index contributed by atoms with van der Waals surface area (Å²) in [6, 6.07) is 3.59. The molecule has 4 heteroatoms. The van der Waals surface area contributed by atoms with Crippen LogP contribution in [0.3, 0.4) is 0 Å². The number of aromatic nitrogens is 1. The van der Waals surface area contributed by atoms with Crippen LogP contribution in [0.25, 0.3) is 0 Å². The highest BCUT2D eigenvalue weighted by atomic mass is 19.1. The van der Waals surface area contributed by atoms with Crippen molar-refractivity contribution in [2.24, 2.45) is 5.92 Å². The van der Waals surface area contributed by atoms with Gasteiger partial charge >= 0.3 is 0 Å². The molecule has 2 unspecified atom stereocenters. The SMILES string of the molecule is Nc1cc(CC(F)C2CCCNC2)ccn1. The predicted octanol–water partition coefficient (Wildman–Crippen LogP) is 1.54. The smallest absolute Gasteiger partial charge is 0.123 e. The van der Waals surface area contributed by atoms with Crippen LogP contribution in [-0.2, 0) is 6.42 Å². The van der Waals surface area contributed by atoms with E-state index in [1.54, 1.807) is 12.3 Å². The van der Waals surface area contributed by atoms with Gasteiger partial charge in [-0.05, 0) is 37.1 Å². The Balaban J connectivity index is 1.93. The van der Waals surface area contributed by atoms with E-state index in [1.807, 2.05) is 6.07 Å². The standard InChI is InChI=1S/C12H18FN3/c13-11(10-2-1-4-15-8-10)6-9-3-5-16-12(14)7-9/h3,5,7,10-11,15H,1-2,4,6,8H2,(H2,14,16). The number of rotatable bonds is 3. The number of nitrogens with zero attached hydrogens (tertiary/aromatic N) is 1. The molecule has 16 heavy (non-hydrogen) atoms. The van der Waals surface area contributed by atoms with Gasteiger partial charge in [-0.15, -0.1) is 0 Å². The quantitative estimate of drug-likeness (QED) is 0.817. The van der Waals surface area contributed by atoms with Crippen LogP contribution < -0.4 is 11.1 Å². The lowest BCUT2D eigenvalue weighted by atomic mass is 9.91. The first kappa shape index (κ1) is 11.3. The average molecular weight is 223 g/mol. The van der Waals surface area contributed by atoms with Crippen LogP contribution in [0.5, 0.6) is 0 Å². The molecule has 2 heterocycles. The minimum atomic E-state index is -0.783. The van der Waals surface area contributed by atoms with Gasteiger partial charge in [0.15, 0.2) is 0 Å². The summed E-state index contributed by atoms with van der Waals surface area (Å²) < 4.78 is 14.0. The summed E-state index contributed by atoms with van der Waals surface area (Å²) in [6.45, 7) is 1.81. The molecule has 3 N–H and O–H groups in total. The first-order valence-corrected chi connectivity index (χ1v) is 5.81. The maximum Gasteiger partial charge on any atom is 0.123 e. The Hall–Kier alpha value is -1.16. The number of nitrogens with two attached hydrogens (primary N) is 1. The fourth-order valence-corrected chi connectivity index (χ4v) is 2.20. The molecule has 0 aliphatic carbocycles. The van der Waals surface area contributed by atoms with Crippen LogP contribution in [0.2, 0.25) is 0 Å². The number of halogens is 1. The van der Waals surface area contributed by atoms with Gasteiger partial charge < -0.3 is 11.1 Å². The number of anilines is 1. The fraction of sp³-hybridized carbons (Fsp3) is 0.583. The molecule has 0 aromatic carbocycles. The molecule has 0 amide bonds. The molecule has 1 fully saturated rings. The van der Waals surface area contributed by atoms with E-state index in [2.05, 4.69) is 10.3 Å². The van der Waals surface area contributed by atoms with Crippen molar-refractivity contribution < 1.29 is 4.39 Å². The summed E-state index contributed by atoms with van der Waals surface area (Å²) in [5, 5.41) is 3.24. The molecule has 1 aromatic heterocycles. The zero-order valence-electron chi connectivity index (χ0n) is 9.32. The number of alkyl halides is 1. The van der Waals surface area contributed by atoms with Gasteiger partial charge in [-0.3, -0.25) is 0 Å². The van der Waals surface area contributed by atoms with E-state index in [1.165, 1.54) is 0 Å². The number of nitrogens with one attached hydrogen (secondary N) is 1. The van der Waals surface area contributed by atoms with Gasteiger partial charge in [0.1, 0.15) is 12.0 Å². The Bertz CT molecular complexity index is 337. The Labute approximate surface area is 95.3 Å². The summed E-state index contributed by atoms with van der Waals surface area (Å²) in [5.74, 6) is 0.606. The van der Waals surface area contributed by atoms with Crippen LogP contribution >= 0.6 is 0 Å². The lowest BCUT2D eigenvalue weighted by Crippen LogP contribution is -2.35. The predicted molar refractivity (Wildman–Crippen MR) is 62.8 cm³/mol. The minimum absolute atomic E-state index is 0.142. The van der Waals surface area contributed by atoms with E-state index in [-0.39, 0.29) is 5.92 Å². The maximum atomic E-state index is 14.0. The molecular formula is C12H18FN3. The number of hydrogen-bond donors (Lipinski definition) is 2. The van der Waals surface area contributed by atoms with E-state index < -0.39 is 6.17 Å². The normalized spacial score (nSPS) is 22.9. The average Bonchev–Trinajstić information content (AvgIpc) is 2.30. The molecule has 1 aliphatic heterocycles. The van der Waals surface area contributed by atoms with Gasteiger partial charge in [0.05, 0.1) is 0 Å². The van der Waals surface area contributed by atoms with E-state index in [9.17, 15) is 4.39 Å². The van der Waals surface area contributed by atoms with E-state index in [0.29, 0.717) is 12.2 Å². The topological polar surface area (TPSA) is 50.9 Å². The molecule has 0 radical (unpaired) electrons. The molecule has 0 saturated carbocycles. The third-order valence-electron chi connectivity index (χ3n) is 3.12. The van der Waals surface area contributed by atoms with Crippen molar-refractivity contribution in [2.75, 3.05) is 18.8 Å². The van der Waals surface area contributed by atoms with Crippen molar-refractivity contribution in [1.82, 2.24) is 10.3 Å². The molecule has 3 nitrogen and oxygen atoms in total. The molecule has 0 spiro atoms. The van der Waals surface area contributed by atoms with Crippen molar-refractivity contribution >= 4 is 5.82 Å². The highest BCUT2D eigenvalue weighted by molar-refractivity contribution is 5.32. The number of pyridine rings is 1. The monoisotopic (exact) mass is 223 g/mol. The maximum absolute atomic E-state index is 14.0. The summed E-state index contributed by atoms with van der Waals surface area (Å²) in [6.07, 6.45) is 3.35. The van der Waals surface area contributed by atoms with Crippen LogP contribution in [0.15, 0.2) is 18.3 Å². The fourth-order valence-electron chi connectivity index (χ4n) is 2.20. The van der Waals surface area contributed by atoms with Crippen LogP contribution in [-0.4, -0.2) is 24.2 Å². The highest BCUT2D eigenvalue weighted by Crippen LogP contribution is 2.21. The largest absolute Gasteiger partial charge is 0.384 e. The van der Waals surface area contributed by atoms with Crippen molar-refractivity contribution in [1.29, 1.82) is 0 Å². The Morgan fingerprint density at radius 1 is 1.62 bits per heavy atom. The van der Waals surface area contributed by atoms with Gasteiger partial charge in [0.25, 0.3) is 0 Å². The number of hydrogen-bond acceptors (Lipinski definition) is 3. The number of piperidine rings is 1.